The molecule has 0 saturated heterocycles. The van der Waals surface area contributed by atoms with E-state index in [0.29, 0.717) is 10.7 Å². The Bertz CT molecular complexity index is 343. The first-order chi connectivity index (χ1) is 6.63. The lowest BCUT2D eigenvalue weighted by molar-refractivity contribution is 0.259. The molecule has 7 heteroatoms. The highest BCUT2D eigenvalue weighted by molar-refractivity contribution is 7.99. The van der Waals surface area contributed by atoms with E-state index >= 15 is 0 Å². The third kappa shape index (κ3) is 2.77. The maximum atomic E-state index is 10.6. The zero-order valence-electron chi connectivity index (χ0n) is 7.65. The zero-order chi connectivity index (χ0) is 10.6. The van der Waals surface area contributed by atoms with Crippen LogP contribution in [-0.4, -0.2) is 21.8 Å². The van der Waals surface area contributed by atoms with Crippen LogP contribution < -0.4 is 16.8 Å². The highest BCUT2D eigenvalue weighted by atomic mass is 32.2. The number of hydrogen-bond donors (Lipinski definition) is 3. The lowest BCUT2D eigenvalue weighted by atomic mass is 10.5. The molecule has 0 aliphatic heterocycles. The molecule has 14 heavy (non-hydrogen) atoms. The summed E-state index contributed by atoms with van der Waals surface area (Å²) < 4.78 is 0. The first kappa shape index (κ1) is 10.6. The first-order valence-electron chi connectivity index (χ1n) is 3.95. The molecule has 5 N–H and O–H groups in total. The van der Waals surface area contributed by atoms with E-state index in [4.69, 9.17) is 11.5 Å². The molecule has 0 unspecified atom stereocenters. The fraction of sp³-hybridized carbons (Fsp3) is 0.286. The van der Waals surface area contributed by atoms with Crippen molar-refractivity contribution < 1.29 is 4.79 Å². The molecule has 76 valence electrons. The van der Waals surface area contributed by atoms with Gasteiger partial charge in [0.05, 0.1) is 11.9 Å². The number of primary amides is 1. The van der Waals surface area contributed by atoms with Crippen molar-refractivity contribution in [2.45, 2.75) is 11.9 Å². The summed E-state index contributed by atoms with van der Waals surface area (Å²) in [5.74, 6) is 1.00. The highest BCUT2D eigenvalue weighted by Gasteiger charge is 2.07. The summed E-state index contributed by atoms with van der Waals surface area (Å²) in [5.41, 5.74) is 10.9. The number of thioether (sulfide) groups is 1. The van der Waals surface area contributed by atoms with Crippen LogP contribution in [-0.2, 0) is 0 Å². The van der Waals surface area contributed by atoms with Gasteiger partial charge < -0.3 is 16.8 Å². The molecule has 1 rings (SSSR count). The molecule has 1 aromatic heterocycles. The van der Waals surface area contributed by atoms with Crippen molar-refractivity contribution in [3.63, 3.8) is 0 Å². The Morgan fingerprint density at radius 2 is 2.43 bits per heavy atom. The Kier molecular flexibility index (Phi) is 3.52. The average Bonchev–Trinajstić information content (AvgIpc) is 2.09. The van der Waals surface area contributed by atoms with Crippen molar-refractivity contribution in [2.75, 3.05) is 16.8 Å². The largest absolute Gasteiger partial charge is 0.368 e. The number of nitrogen functional groups attached to an aromatic ring is 1. The van der Waals surface area contributed by atoms with Gasteiger partial charge >= 0.3 is 6.03 Å². The Balaban J connectivity index is 2.95. The van der Waals surface area contributed by atoms with Gasteiger partial charge in [-0.05, 0) is 5.75 Å². The van der Waals surface area contributed by atoms with Gasteiger partial charge in [0.15, 0.2) is 0 Å². The molecular formula is C7H11N5OS. The van der Waals surface area contributed by atoms with Gasteiger partial charge in [-0.25, -0.2) is 14.8 Å². The Morgan fingerprint density at radius 3 is 3.00 bits per heavy atom. The molecule has 0 aromatic carbocycles. The van der Waals surface area contributed by atoms with E-state index < -0.39 is 6.03 Å². The summed E-state index contributed by atoms with van der Waals surface area (Å²) in [7, 11) is 0. The van der Waals surface area contributed by atoms with E-state index in [9.17, 15) is 4.79 Å². The van der Waals surface area contributed by atoms with Crippen molar-refractivity contribution in [1.29, 1.82) is 0 Å². The van der Waals surface area contributed by atoms with Crippen LogP contribution in [0.3, 0.4) is 0 Å². The number of aromatic nitrogens is 2. The van der Waals surface area contributed by atoms with Gasteiger partial charge in [0.2, 0.25) is 5.95 Å². The van der Waals surface area contributed by atoms with Gasteiger partial charge in [0, 0.05) is 0 Å². The fourth-order valence-electron chi connectivity index (χ4n) is 0.844. The normalized spacial score (nSPS) is 9.79. The molecule has 0 atom stereocenters. The molecule has 2 amide bonds. The molecule has 0 bridgehead atoms. The number of amides is 2. The average molecular weight is 213 g/mol. The monoisotopic (exact) mass is 213 g/mol. The molecular weight excluding hydrogens is 202 g/mol. The first-order valence-corrected chi connectivity index (χ1v) is 4.93. The van der Waals surface area contributed by atoms with Gasteiger partial charge in [-0.3, -0.25) is 0 Å². The fourth-order valence-corrected chi connectivity index (χ4v) is 1.54. The van der Waals surface area contributed by atoms with E-state index in [2.05, 4.69) is 15.3 Å². The minimum absolute atomic E-state index is 0.177. The SMILES string of the molecule is CCSc1nc(N)ncc1NC(N)=O. The number of nitrogens with two attached hydrogens (primary N) is 2. The van der Waals surface area contributed by atoms with Crippen molar-refractivity contribution in [1.82, 2.24) is 9.97 Å². The Labute approximate surface area is 85.5 Å². The second-order valence-corrected chi connectivity index (χ2v) is 3.62. The van der Waals surface area contributed by atoms with Crippen LogP contribution in [0.15, 0.2) is 11.2 Å². The number of urea groups is 1. The van der Waals surface area contributed by atoms with E-state index in [1.54, 1.807) is 0 Å². The summed E-state index contributed by atoms with van der Waals surface area (Å²) in [4.78, 5) is 18.4. The summed E-state index contributed by atoms with van der Waals surface area (Å²) in [6.07, 6.45) is 1.44. The minimum atomic E-state index is -0.642. The number of nitrogens with zero attached hydrogens (tertiary/aromatic N) is 2. The zero-order valence-corrected chi connectivity index (χ0v) is 8.47. The van der Waals surface area contributed by atoms with Gasteiger partial charge in [-0.1, -0.05) is 6.92 Å². The Morgan fingerprint density at radius 1 is 1.71 bits per heavy atom. The third-order valence-electron chi connectivity index (χ3n) is 1.31. The number of nitrogens with one attached hydrogen (secondary N) is 1. The Hall–Kier alpha value is -1.50. The van der Waals surface area contributed by atoms with E-state index in [1.165, 1.54) is 18.0 Å². The molecule has 1 heterocycles. The highest BCUT2D eigenvalue weighted by Crippen LogP contribution is 2.24. The number of anilines is 2. The molecule has 0 fully saturated rings. The second kappa shape index (κ2) is 4.66. The molecule has 0 spiro atoms. The predicted octanol–water partition coefficient (Wildman–Crippen LogP) is 0.661. The van der Waals surface area contributed by atoms with Crippen LogP contribution in [0.5, 0.6) is 0 Å². The number of carbonyl (C=O) groups is 1. The van der Waals surface area contributed by atoms with Gasteiger partial charge in [-0.15, -0.1) is 11.8 Å². The quantitative estimate of drug-likeness (QED) is 0.505. The number of hydrogen-bond acceptors (Lipinski definition) is 5. The molecule has 0 radical (unpaired) electrons. The van der Waals surface area contributed by atoms with Gasteiger partial charge in [0.1, 0.15) is 5.03 Å². The van der Waals surface area contributed by atoms with Crippen molar-refractivity contribution in [3.05, 3.63) is 6.20 Å². The van der Waals surface area contributed by atoms with Crippen LogP contribution in [0.1, 0.15) is 6.92 Å². The summed E-state index contributed by atoms with van der Waals surface area (Å²) in [6, 6.07) is -0.642. The summed E-state index contributed by atoms with van der Waals surface area (Å²) >= 11 is 1.46. The third-order valence-corrected chi connectivity index (χ3v) is 2.18. The van der Waals surface area contributed by atoms with Crippen molar-refractivity contribution in [3.8, 4) is 0 Å². The lowest BCUT2D eigenvalue weighted by Crippen LogP contribution is -2.20. The van der Waals surface area contributed by atoms with E-state index in [1.807, 2.05) is 6.92 Å². The van der Waals surface area contributed by atoms with E-state index in [-0.39, 0.29) is 5.95 Å². The predicted molar refractivity (Wildman–Crippen MR) is 56.0 cm³/mol. The number of rotatable bonds is 3. The van der Waals surface area contributed by atoms with Gasteiger partial charge in [-0.2, -0.15) is 0 Å². The standard InChI is InChI=1S/C7H11N5OS/c1-2-14-5-4(11-7(9)13)3-10-6(8)12-5/h3H,2H2,1H3,(H2,8,10,12)(H3,9,11,13). The number of carbonyl (C=O) groups excluding carboxylic acids is 1. The van der Waals surface area contributed by atoms with Crippen LogP contribution in [0.4, 0.5) is 16.4 Å². The second-order valence-electron chi connectivity index (χ2n) is 2.37. The summed E-state index contributed by atoms with van der Waals surface area (Å²) in [6.45, 7) is 1.97. The minimum Gasteiger partial charge on any atom is -0.368 e. The molecule has 0 aliphatic rings. The van der Waals surface area contributed by atoms with Crippen molar-refractivity contribution >= 4 is 29.4 Å². The van der Waals surface area contributed by atoms with Crippen molar-refractivity contribution in [2.24, 2.45) is 5.73 Å². The maximum Gasteiger partial charge on any atom is 0.316 e. The smallest absolute Gasteiger partial charge is 0.316 e. The van der Waals surface area contributed by atoms with E-state index in [0.717, 1.165) is 5.75 Å². The molecule has 1 aromatic rings. The topological polar surface area (TPSA) is 107 Å². The maximum absolute atomic E-state index is 10.6. The van der Waals surface area contributed by atoms with Crippen LogP contribution in [0.2, 0.25) is 0 Å². The molecule has 6 nitrogen and oxygen atoms in total. The summed E-state index contributed by atoms with van der Waals surface area (Å²) in [5, 5.41) is 3.05. The van der Waals surface area contributed by atoms with Crippen LogP contribution >= 0.6 is 11.8 Å². The van der Waals surface area contributed by atoms with Crippen LogP contribution in [0, 0.1) is 0 Å². The van der Waals surface area contributed by atoms with Crippen LogP contribution in [0.25, 0.3) is 0 Å². The molecule has 0 aliphatic carbocycles. The lowest BCUT2D eigenvalue weighted by Gasteiger charge is -2.06. The molecule has 0 saturated carbocycles. The van der Waals surface area contributed by atoms with Gasteiger partial charge in [0.25, 0.3) is 0 Å².